The molecular formula is C20H24F3N3O2S. The van der Waals surface area contributed by atoms with E-state index in [4.69, 9.17) is 4.74 Å². The molecule has 5 nitrogen and oxygen atoms in total. The number of ether oxygens (including phenoxy) is 1. The van der Waals surface area contributed by atoms with Crippen LogP contribution in [-0.4, -0.2) is 41.6 Å². The largest absolute Gasteiger partial charge is 0.511 e. The zero-order valence-corrected chi connectivity index (χ0v) is 17.8. The standard InChI is InChI=1S/C20H24F3N3O2S/c1-6-26(4)13-24-18-10-15(3)19(11-14(18)2)28-16-8-7-9-17(12-16)29(5,27)25-20(21,22)23/h7-13H,6H2,1-5H3. The third kappa shape index (κ3) is 6.49. The summed E-state index contributed by atoms with van der Waals surface area (Å²) in [5, 5.41) is 0. The number of nitrogens with zero attached hydrogens (tertiary/aromatic N) is 3. The third-order valence-corrected chi connectivity index (χ3v) is 5.82. The van der Waals surface area contributed by atoms with Crippen LogP contribution in [0.25, 0.3) is 0 Å². The Labute approximate surface area is 169 Å². The molecule has 0 saturated heterocycles. The molecule has 2 aromatic rings. The zero-order valence-electron chi connectivity index (χ0n) is 16.9. The molecule has 9 heteroatoms. The van der Waals surface area contributed by atoms with E-state index < -0.39 is 16.0 Å². The minimum atomic E-state index is -4.88. The number of aliphatic imine (C=N–C) groups is 1. The van der Waals surface area contributed by atoms with E-state index in [-0.39, 0.29) is 10.6 Å². The number of halogens is 3. The zero-order chi connectivity index (χ0) is 21.8. The molecule has 0 heterocycles. The Balaban J connectivity index is 2.34. The number of hydrogen-bond acceptors (Lipinski definition) is 4. The Bertz CT molecular complexity index is 1030. The van der Waals surface area contributed by atoms with Crippen LogP contribution in [0.4, 0.5) is 18.9 Å². The Kier molecular flexibility index (Phi) is 6.94. The van der Waals surface area contributed by atoms with Gasteiger partial charge in [-0.05, 0) is 62.2 Å². The second-order valence-corrected chi connectivity index (χ2v) is 8.92. The molecular weight excluding hydrogens is 403 g/mol. The first-order valence-corrected chi connectivity index (χ1v) is 10.8. The van der Waals surface area contributed by atoms with Crippen molar-refractivity contribution >= 4 is 21.8 Å². The lowest BCUT2D eigenvalue weighted by molar-refractivity contribution is -0.117. The first kappa shape index (κ1) is 22.7. The van der Waals surface area contributed by atoms with Gasteiger partial charge < -0.3 is 9.64 Å². The van der Waals surface area contributed by atoms with Crippen LogP contribution < -0.4 is 4.74 Å². The van der Waals surface area contributed by atoms with E-state index in [1.54, 1.807) is 12.4 Å². The predicted octanol–water partition coefficient (Wildman–Crippen LogP) is 5.68. The summed E-state index contributed by atoms with van der Waals surface area (Å²) in [5.74, 6) is 0.816. The molecule has 0 aliphatic rings. The molecule has 2 aromatic carbocycles. The van der Waals surface area contributed by atoms with Crippen molar-refractivity contribution in [3.05, 3.63) is 47.5 Å². The van der Waals surface area contributed by atoms with Crippen molar-refractivity contribution in [1.29, 1.82) is 0 Å². The quantitative estimate of drug-likeness (QED) is 0.338. The van der Waals surface area contributed by atoms with E-state index in [0.29, 0.717) is 5.75 Å². The molecule has 0 bridgehead atoms. The Hall–Kier alpha value is -2.55. The molecule has 1 unspecified atom stereocenters. The van der Waals surface area contributed by atoms with Crippen molar-refractivity contribution in [3.63, 3.8) is 0 Å². The van der Waals surface area contributed by atoms with Crippen molar-refractivity contribution in [3.8, 4) is 11.5 Å². The van der Waals surface area contributed by atoms with Crippen molar-refractivity contribution in [2.45, 2.75) is 32.0 Å². The highest BCUT2D eigenvalue weighted by molar-refractivity contribution is 7.93. The van der Waals surface area contributed by atoms with E-state index in [1.165, 1.54) is 18.2 Å². The number of benzene rings is 2. The lowest BCUT2D eigenvalue weighted by atomic mass is 10.1. The van der Waals surface area contributed by atoms with Crippen molar-refractivity contribution in [2.75, 3.05) is 19.8 Å². The first-order chi connectivity index (χ1) is 13.4. The van der Waals surface area contributed by atoms with Gasteiger partial charge >= 0.3 is 6.30 Å². The molecule has 29 heavy (non-hydrogen) atoms. The first-order valence-electron chi connectivity index (χ1n) is 8.85. The van der Waals surface area contributed by atoms with Gasteiger partial charge in [0.05, 0.1) is 26.7 Å². The van der Waals surface area contributed by atoms with Gasteiger partial charge in [-0.25, -0.2) is 9.20 Å². The SMILES string of the molecule is CCN(C)C=Nc1cc(C)c(Oc2cccc(S(C)(=O)=NC(F)(F)F)c2)cc1C. The van der Waals surface area contributed by atoms with Gasteiger partial charge in [0.1, 0.15) is 11.5 Å². The van der Waals surface area contributed by atoms with E-state index in [9.17, 15) is 17.4 Å². The van der Waals surface area contributed by atoms with Gasteiger partial charge in [-0.15, -0.1) is 17.5 Å². The van der Waals surface area contributed by atoms with Crippen LogP contribution in [0, 0.1) is 13.8 Å². The Morgan fingerprint density at radius 1 is 1.17 bits per heavy atom. The fourth-order valence-corrected chi connectivity index (χ4v) is 3.58. The summed E-state index contributed by atoms with van der Waals surface area (Å²) in [5.41, 5.74) is 2.49. The van der Waals surface area contributed by atoms with E-state index in [0.717, 1.165) is 29.6 Å². The summed E-state index contributed by atoms with van der Waals surface area (Å²) in [4.78, 5) is 6.35. The molecule has 158 valence electrons. The van der Waals surface area contributed by atoms with Crippen LogP contribution in [0.2, 0.25) is 0 Å². The second kappa shape index (κ2) is 8.86. The Morgan fingerprint density at radius 3 is 2.48 bits per heavy atom. The predicted molar refractivity (Wildman–Crippen MR) is 110 cm³/mol. The highest BCUT2D eigenvalue weighted by Crippen LogP contribution is 2.32. The number of rotatable bonds is 6. The van der Waals surface area contributed by atoms with Gasteiger partial charge in [-0.2, -0.15) is 0 Å². The van der Waals surface area contributed by atoms with Crippen LogP contribution >= 0.6 is 0 Å². The number of aryl methyl sites for hydroxylation is 2. The Morgan fingerprint density at radius 2 is 1.86 bits per heavy atom. The van der Waals surface area contributed by atoms with Gasteiger partial charge in [0.2, 0.25) is 0 Å². The number of alkyl halides is 3. The molecule has 0 aliphatic heterocycles. The summed E-state index contributed by atoms with van der Waals surface area (Å²) < 4.78 is 58.4. The van der Waals surface area contributed by atoms with Gasteiger partial charge in [-0.1, -0.05) is 6.07 Å². The molecule has 0 fully saturated rings. The third-order valence-electron chi connectivity index (χ3n) is 4.13. The lowest BCUT2D eigenvalue weighted by Crippen LogP contribution is -2.14. The van der Waals surface area contributed by atoms with Gasteiger partial charge in [0.15, 0.2) is 0 Å². The van der Waals surface area contributed by atoms with E-state index >= 15 is 0 Å². The maximum absolute atomic E-state index is 12.6. The van der Waals surface area contributed by atoms with Gasteiger partial charge in [-0.3, -0.25) is 0 Å². The van der Waals surface area contributed by atoms with Crippen LogP contribution in [0.1, 0.15) is 18.1 Å². The molecule has 0 radical (unpaired) electrons. The summed E-state index contributed by atoms with van der Waals surface area (Å²) in [6.07, 6.45) is -2.18. The van der Waals surface area contributed by atoms with E-state index in [2.05, 4.69) is 9.36 Å². The smallest absolute Gasteiger partial charge is 0.457 e. The molecule has 2 rings (SSSR count). The molecule has 0 aliphatic carbocycles. The minimum absolute atomic E-state index is 0.0504. The van der Waals surface area contributed by atoms with E-state index in [1.807, 2.05) is 44.9 Å². The highest BCUT2D eigenvalue weighted by atomic mass is 32.2. The topological polar surface area (TPSA) is 54.3 Å². The maximum Gasteiger partial charge on any atom is 0.511 e. The highest BCUT2D eigenvalue weighted by Gasteiger charge is 2.29. The molecule has 0 amide bonds. The average Bonchev–Trinajstić information content (AvgIpc) is 2.61. The average molecular weight is 427 g/mol. The van der Waals surface area contributed by atoms with Gasteiger partial charge in [0, 0.05) is 19.8 Å². The summed E-state index contributed by atoms with van der Waals surface area (Å²) >= 11 is 0. The van der Waals surface area contributed by atoms with Crippen molar-refractivity contribution < 1.29 is 22.1 Å². The molecule has 1 atom stereocenters. The van der Waals surface area contributed by atoms with Gasteiger partial charge in [0.25, 0.3) is 0 Å². The molecule has 0 saturated carbocycles. The summed E-state index contributed by atoms with van der Waals surface area (Å²) in [7, 11) is -1.71. The second-order valence-electron chi connectivity index (χ2n) is 6.66. The van der Waals surface area contributed by atoms with Crippen LogP contribution in [0.15, 0.2) is 50.6 Å². The molecule has 0 N–H and O–H groups in total. The fraction of sp³-hybridized carbons (Fsp3) is 0.350. The maximum atomic E-state index is 12.6. The number of hydrogen-bond donors (Lipinski definition) is 0. The monoisotopic (exact) mass is 427 g/mol. The van der Waals surface area contributed by atoms with Crippen LogP contribution in [0.3, 0.4) is 0 Å². The van der Waals surface area contributed by atoms with Crippen LogP contribution in [-0.2, 0) is 9.73 Å². The van der Waals surface area contributed by atoms with Crippen LogP contribution in [0.5, 0.6) is 11.5 Å². The molecule has 0 aromatic heterocycles. The normalized spacial score (nSPS) is 13.9. The summed E-state index contributed by atoms with van der Waals surface area (Å²) in [6.45, 7) is 6.59. The van der Waals surface area contributed by atoms with Crippen molar-refractivity contribution in [1.82, 2.24) is 4.90 Å². The lowest BCUT2D eigenvalue weighted by Gasteiger charge is -2.14. The summed E-state index contributed by atoms with van der Waals surface area (Å²) in [6, 6.07) is 9.41. The fourth-order valence-electron chi connectivity index (χ4n) is 2.42. The van der Waals surface area contributed by atoms with Crippen molar-refractivity contribution in [2.24, 2.45) is 9.36 Å². The minimum Gasteiger partial charge on any atom is -0.457 e. The molecule has 0 spiro atoms.